The predicted octanol–water partition coefficient (Wildman–Crippen LogP) is 3.95. The van der Waals surface area contributed by atoms with Crippen molar-refractivity contribution in [3.8, 4) is 0 Å². The Kier molecular flexibility index (Phi) is 3.78. The van der Waals surface area contributed by atoms with Crippen LogP contribution in [0.5, 0.6) is 0 Å². The molecular formula is C21H20ClN3O. The zero-order valence-corrected chi connectivity index (χ0v) is 15.0. The van der Waals surface area contributed by atoms with E-state index >= 15 is 0 Å². The van der Waals surface area contributed by atoms with Crippen LogP contribution < -0.4 is 9.80 Å². The number of anilines is 2. The normalized spacial score (nSPS) is 20.5. The van der Waals surface area contributed by atoms with Crippen molar-refractivity contribution in [2.75, 3.05) is 29.4 Å². The maximum atomic E-state index is 11.1. The summed E-state index contributed by atoms with van der Waals surface area (Å²) in [5, 5.41) is 13.3. The van der Waals surface area contributed by atoms with Crippen molar-refractivity contribution in [3.63, 3.8) is 0 Å². The molecule has 3 aromatic rings. The van der Waals surface area contributed by atoms with E-state index in [1.54, 1.807) is 0 Å². The van der Waals surface area contributed by atoms with Gasteiger partial charge in [0.1, 0.15) is 0 Å². The molecule has 0 saturated carbocycles. The molecule has 0 amide bonds. The van der Waals surface area contributed by atoms with E-state index in [4.69, 9.17) is 11.8 Å². The van der Waals surface area contributed by atoms with Crippen molar-refractivity contribution in [1.82, 2.24) is 4.42 Å². The third kappa shape index (κ3) is 2.37. The highest BCUT2D eigenvalue weighted by molar-refractivity contribution is 6.14. The van der Waals surface area contributed by atoms with Crippen molar-refractivity contribution in [2.24, 2.45) is 0 Å². The summed E-state index contributed by atoms with van der Waals surface area (Å²) in [5.74, 6) is 0. The second-order valence-corrected chi connectivity index (χ2v) is 7.32. The van der Waals surface area contributed by atoms with Gasteiger partial charge in [0, 0.05) is 13.1 Å². The van der Waals surface area contributed by atoms with Crippen molar-refractivity contribution in [2.45, 2.75) is 12.4 Å². The minimum Gasteiger partial charge on any atom is -0.387 e. The van der Waals surface area contributed by atoms with Crippen molar-refractivity contribution in [1.29, 1.82) is 0 Å². The lowest BCUT2D eigenvalue weighted by Crippen LogP contribution is -2.46. The van der Waals surface area contributed by atoms with Crippen LogP contribution in [0.25, 0.3) is 10.8 Å². The number of benzene rings is 3. The van der Waals surface area contributed by atoms with Gasteiger partial charge in [-0.05, 0) is 40.2 Å². The van der Waals surface area contributed by atoms with Gasteiger partial charge in [0.05, 0.1) is 24.0 Å². The Bertz CT molecular complexity index is 957. The standard InChI is InChI=1S/C21H20ClN3O/c22-25-13-12-23-18-10-3-4-11-19(18)24(21(23)25)14-20(26)17-9-5-7-15-6-1-2-8-16(15)17/h1-11,20-21,26H,12-14H2. The number of β-amino-alcohol motifs (C(OH)–C–C–N with tert-alkyl or cyclic N) is 1. The largest absolute Gasteiger partial charge is 0.387 e. The van der Waals surface area contributed by atoms with E-state index in [2.05, 4.69) is 46.2 Å². The van der Waals surface area contributed by atoms with Gasteiger partial charge >= 0.3 is 0 Å². The number of hydrogen-bond donors (Lipinski definition) is 1. The van der Waals surface area contributed by atoms with Crippen LogP contribution in [0.1, 0.15) is 11.7 Å². The van der Waals surface area contributed by atoms with E-state index < -0.39 is 6.10 Å². The van der Waals surface area contributed by atoms with Gasteiger partial charge in [-0.1, -0.05) is 54.6 Å². The average Bonchev–Trinajstić information content (AvgIpc) is 3.20. The number of halogens is 1. The molecule has 0 aromatic heterocycles. The molecule has 5 rings (SSSR count). The van der Waals surface area contributed by atoms with Crippen molar-refractivity contribution in [3.05, 3.63) is 72.3 Å². The molecular weight excluding hydrogens is 346 g/mol. The molecule has 2 atom stereocenters. The number of nitrogens with zero attached hydrogens (tertiary/aromatic N) is 3. The minimum absolute atomic E-state index is 0.0429. The Morgan fingerprint density at radius 1 is 0.923 bits per heavy atom. The Morgan fingerprint density at radius 2 is 1.65 bits per heavy atom. The molecule has 2 aliphatic rings. The van der Waals surface area contributed by atoms with Gasteiger partial charge in [0.15, 0.2) is 6.29 Å². The SMILES string of the molecule is OC(CN1c2ccccc2N2CCN(Cl)C21)c1cccc2ccccc12. The topological polar surface area (TPSA) is 30.0 Å². The van der Waals surface area contributed by atoms with Gasteiger partial charge in [-0.25, -0.2) is 0 Å². The van der Waals surface area contributed by atoms with Gasteiger partial charge in [-0.3, -0.25) is 0 Å². The Balaban J connectivity index is 1.52. The molecule has 0 radical (unpaired) electrons. The molecule has 26 heavy (non-hydrogen) atoms. The number of hydrogen-bond acceptors (Lipinski definition) is 4. The van der Waals surface area contributed by atoms with Gasteiger partial charge in [-0.15, -0.1) is 0 Å². The summed E-state index contributed by atoms with van der Waals surface area (Å²) in [6, 6.07) is 22.6. The summed E-state index contributed by atoms with van der Waals surface area (Å²) in [5.41, 5.74) is 3.27. The highest BCUT2D eigenvalue weighted by Crippen LogP contribution is 2.44. The van der Waals surface area contributed by atoms with Crippen molar-refractivity contribution < 1.29 is 5.11 Å². The smallest absolute Gasteiger partial charge is 0.174 e. The molecule has 4 nitrogen and oxygen atoms in total. The molecule has 1 N–H and O–H groups in total. The Labute approximate surface area is 157 Å². The predicted molar refractivity (Wildman–Crippen MR) is 106 cm³/mol. The molecule has 1 saturated heterocycles. The van der Waals surface area contributed by atoms with Crippen LogP contribution in [-0.2, 0) is 0 Å². The highest BCUT2D eigenvalue weighted by Gasteiger charge is 2.43. The Morgan fingerprint density at radius 3 is 2.54 bits per heavy atom. The average molecular weight is 366 g/mol. The van der Waals surface area contributed by atoms with Crippen LogP contribution in [-0.4, -0.2) is 35.4 Å². The second kappa shape index (κ2) is 6.16. The van der Waals surface area contributed by atoms with Crippen LogP contribution in [0.4, 0.5) is 11.4 Å². The first-order chi connectivity index (χ1) is 12.7. The molecule has 1 fully saturated rings. The summed E-state index contributed by atoms with van der Waals surface area (Å²) in [4.78, 5) is 4.51. The molecule has 2 aliphatic heterocycles. The van der Waals surface area contributed by atoms with Gasteiger partial charge < -0.3 is 14.9 Å². The van der Waals surface area contributed by atoms with Gasteiger partial charge in [0.25, 0.3) is 0 Å². The molecule has 132 valence electrons. The van der Waals surface area contributed by atoms with Crippen LogP contribution in [0.2, 0.25) is 0 Å². The minimum atomic E-state index is -0.597. The van der Waals surface area contributed by atoms with Crippen LogP contribution in [0.15, 0.2) is 66.7 Å². The third-order valence-electron chi connectivity index (χ3n) is 5.42. The quantitative estimate of drug-likeness (QED) is 0.712. The molecule has 2 unspecified atom stereocenters. The highest BCUT2D eigenvalue weighted by atomic mass is 35.5. The number of aliphatic hydroxyl groups excluding tert-OH is 1. The molecule has 3 aromatic carbocycles. The lowest BCUT2D eigenvalue weighted by atomic mass is 10.00. The summed E-state index contributed by atoms with van der Waals surface area (Å²) >= 11 is 6.49. The summed E-state index contributed by atoms with van der Waals surface area (Å²) in [6.45, 7) is 2.20. The van der Waals surface area contributed by atoms with Gasteiger partial charge in [-0.2, -0.15) is 4.42 Å². The summed E-state index contributed by atoms with van der Waals surface area (Å²) < 4.78 is 1.83. The Hall–Kier alpha value is -2.27. The van der Waals surface area contributed by atoms with E-state index in [0.717, 1.165) is 35.1 Å². The number of aliphatic hydroxyl groups is 1. The third-order valence-corrected chi connectivity index (χ3v) is 5.76. The molecule has 0 bridgehead atoms. The molecule has 0 spiro atoms. The zero-order valence-electron chi connectivity index (χ0n) is 14.3. The fraction of sp³-hybridized carbons (Fsp3) is 0.238. The molecule has 0 aliphatic carbocycles. The summed E-state index contributed by atoms with van der Waals surface area (Å²) in [6.07, 6.45) is -0.640. The number of rotatable bonds is 3. The molecule has 2 heterocycles. The number of fused-ring (bicyclic) bond motifs is 4. The van der Waals surface area contributed by atoms with Gasteiger partial charge in [0.2, 0.25) is 0 Å². The second-order valence-electron chi connectivity index (χ2n) is 6.89. The monoisotopic (exact) mass is 365 g/mol. The first-order valence-electron chi connectivity index (χ1n) is 8.94. The maximum absolute atomic E-state index is 11.1. The van der Waals surface area contributed by atoms with Crippen LogP contribution in [0.3, 0.4) is 0 Å². The first-order valence-corrected chi connectivity index (χ1v) is 9.28. The fourth-order valence-corrected chi connectivity index (χ4v) is 4.53. The van der Waals surface area contributed by atoms with Crippen LogP contribution >= 0.6 is 11.8 Å². The van der Waals surface area contributed by atoms with E-state index in [1.807, 2.05) is 34.8 Å². The van der Waals surface area contributed by atoms with Crippen molar-refractivity contribution >= 4 is 33.9 Å². The summed E-state index contributed by atoms with van der Waals surface area (Å²) in [7, 11) is 0. The lowest BCUT2D eigenvalue weighted by molar-refractivity contribution is 0.178. The van der Waals surface area contributed by atoms with E-state index in [1.165, 1.54) is 5.69 Å². The molecule has 5 heteroatoms. The first kappa shape index (κ1) is 15.9. The van der Waals surface area contributed by atoms with E-state index in [0.29, 0.717) is 6.54 Å². The van der Waals surface area contributed by atoms with Crippen LogP contribution in [0, 0.1) is 0 Å². The number of para-hydroxylation sites is 2. The fourth-order valence-electron chi connectivity index (χ4n) is 4.24. The lowest BCUT2D eigenvalue weighted by Gasteiger charge is -2.32. The van der Waals surface area contributed by atoms with E-state index in [9.17, 15) is 5.11 Å². The maximum Gasteiger partial charge on any atom is 0.174 e. The zero-order chi connectivity index (χ0) is 17.7. The van der Waals surface area contributed by atoms with E-state index in [-0.39, 0.29) is 6.29 Å².